The molecule has 0 heterocycles. The Balaban J connectivity index is 2.13. The van der Waals surface area contributed by atoms with Gasteiger partial charge in [0.15, 0.2) is 11.6 Å². The molecule has 0 unspecified atom stereocenters. The van der Waals surface area contributed by atoms with E-state index in [0.29, 0.717) is 16.8 Å². The van der Waals surface area contributed by atoms with Crippen molar-refractivity contribution in [2.24, 2.45) is 0 Å². The van der Waals surface area contributed by atoms with Crippen molar-refractivity contribution in [3.63, 3.8) is 0 Å². The van der Waals surface area contributed by atoms with E-state index in [4.69, 9.17) is 10.5 Å². The highest BCUT2D eigenvalue weighted by Gasteiger charge is 2.13. The van der Waals surface area contributed by atoms with Gasteiger partial charge in [0.2, 0.25) is 0 Å². The molecule has 0 saturated carbocycles. The van der Waals surface area contributed by atoms with Gasteiger partial charge in [0.1, 0.15) is 6.61 Å². The predicted octanol–water partition coefficient (Wildman–Crippen LogP) is 3.21. The predicted molar refractivity (Wildman–Crippen MR) is 71.1 cm³/mol. The van der Waals surface area contributed by atoms with E-state index < -0.39 is 17.6 Å². The Bertz CT molecular complexity index is 656. The van der Waals surface area contributed by atoms with Gasteiger partial charge < -0.3 is 10.5 Å². The van der Waals surface area contributed by atoms with E-state index in [9.17, 15) is 13.6 Å². The molecular formula is C15H13F2NO2. The van der Waals surface area contributed by atoms with E-state index in [1.807, 2.05) is 0 Å². The molecule has 0 spiro atoms. The summed E-state index contributed by atoms with van der Waals surface area (Å²) in [6.07, 6.45) is 0. The SMILES string of the molecule is Cc1ccc(N)cc1C(=O)OCc1cccc(F)c1F. The number of anilines is 1. The van der Waals surface area contributed by atoms with Gasteiger partial charge in [-0.2, -0.15) is 0 Å². The lowest BCUT2D eigenvalue weighted by Crippen LogP contribution is -2.09. The van der Waals surface area contributed by atoms with Crippen LogP contribution in [0.5, 0.6) is 0 Å². The Kier molecular flexibility index (Phi) is 3.98. The average molecular weight is 277 g/mol. The number of halogens is 2. The van der Waals surface area contributed by atoms with Crippen molar-refractivity contribution < 1.29 is 18.3 Å². The molecule has 2 rings (SSSR count). The first kappa shape index (κ1) is 14.0. The van der Waals surface area contributed by atoms with Crippen molar-refractivity contribution in [3.05, 3.63) is 64.7 Å². The first-order valence-electron chi connectivity index (χ1n) is 5.95. The van der Waals surface area contributed by atoms with Gasteiger partial charge in [-0.25, -0.2) is 13.6 Å². The molecule has 0 radical (unpaired) electrons. The molecule has 0 fully saturated rings. The molecule has 2 N–H and O–H groups in total. The van der Waals surface area contributed by atoms with E-state index in [0.717, 1.165) is 6.07 Å². The average Bonchev–Trinajstić information content (AvgIpc) is 2.43. The molecule has 0 bridgehead atoms. The molecule has 2 aromatic carbocycles. The normalized spacial score (nSPS) is 10.3. The first-order chi connectivity index (χ1) is 9.49. The van der Waals surface area contributed by atoms with Crippen LogP contribution in [-0.4, -0.2) is 5.97 Å². The molecule has 0 atom stereocenters. The number of nitrogen functional groups attached to an aromatic ring is 1. The number of ether oxygens (including phenoxy) is 1. The molecule has 0 amide bonds. The summed E-state index contributed by atoms with van der Waals surface area (Å²) >= 11 is 0. The zero-order valence-corrected chi connectivity index (χ0v) is 10.8. The summed E-state index contributed by atoms with van der Waals surface area (Å²) in [5.41, 5.74) is 7.02. The fraction of sp³-hybridized carbons (Fsp3) is 0.133. The summed E-state index contributed by atoms with van der Waals surface area (Å²) in [5, 5.41) is 0. The maximum Gasteiger partial charge on any atom is 0.338 e. The number of hydrogen-bond acceptors (Lipinski definition) is 3. The van der Waals surface area contributed by atoms with Crippen LogP contribution < -0.4 is 5.73 Å². The lowest BCUT2D eigenvalue weighted by molar-refractivity contribution is 0.0467. The van der Waals surface area contributed by atoms with Crippen LogP contribution in [-0.2, 0) is 11.3 Å². The third kappa shape index (κ3) is 2.93. The number of carbonyl (C=O) groups excluding carboxylic acids is 1. The number of benzene rings is 2. The van der Waals surface area contributed by atoms with Gasteiger partial charge in [0.25, 0.3) is 0 Å². The van der Waals surface area contributed by atoms with E-state index >= 15 is 0 Å². The third-order valence-corrected chi connectivity index (χ3v) is 2.87. The molecule has 5 heteroatoms. The van der Waals surface area contributed by atoms with Crippen molar-refractivity contribution in [1.82, 2.24) is 0 Å². The number of rotatable bonds is 3. The zero-order chi connectivity index (χ0) is 14.7. The molecule has 104 valence electrons. The Morgan fingerprint density at radius 3 is 2.75 bits per heavy atom. The van der Waals surface area contributed by atoms with Crippen LogP contribution in [0.3, 0.4) is 0 Å². The number of nitrogens with two attached hydrogens (primary N) is 1. The first-order valence-corrected chi connectivity index (χ1v) is 5.95. The fourth-order valence-corrected chi connectivity index (χ4v) is 1.74. The van der Waals surface area contributed by atoms with Crippen LogP contribution in [0.1, 0.15) is 21.5 Å². The molecule has 0 aliphatic rings. The summed E-state index contributed by atoms with van der Waals surface area (Å²) in [5.74, 6) is -2.61. The minimum atomic E-state index is -1.01. The molecule has 0 aromatic heterocycles. The van der Waals surface area contributed by atoms with E-state index in [1.165, 1.54) is 18.2 Å². The number of esters is 1. The smallest absolute Gasteiger partial charge is 0.338 e. The Labute approximate surface area is 115 Å². The Morgan fingerprint density at radius 1 is 1.25 bits per heavy atom. The van der Waals surface area contributed by atoms with E-state index in [2.05, 4.69) is 0 Å². The third-order valence-electron chi connectivity index (χ3n) is 2.87. The summed E-state index contributed by atoms with van der Waals surface area (Å²) in [6.45, 7) is 1.40. The van der Waals surface area contributed by atoms with Gasteiger partial charge in [0, 0.05) is 11.3 Å². The van der Waals surface area contributed by atoms with Crippen molar-refractivity contribution in [1.29, 1.82) is 0 Å². The van der Waals surface area contributed by atoms with Crippen molar-refractivity contribution in [3.8, 4) is 0 Å². The summed E-state index contributed by atoms with van der Waals surface area (Å²) in [7, 11) is 0. The Hall–Kier alpha value is -2.43. The van der Waals surface area contributed by atoms with Gasteiger partial charge in [-0.1, -0.05) is 18.2 Å². The van der Waals surface area contributed by atoms with Crippen LogP contribution >= 0.6 is 0 Å². The lowest BCUT2D eigenvalue weighted by atomic mass is 10.1. The highest BCUT2D eigenvalue weighted by Crippen LogP contribution is 2.16. The van der Waals surface area contributed by atoms with Crippen LogP contribution in [0.4, 0.5) is 14.5 Å². The molecule has 0 aliphatic heterocycles. The molecular weight excluding hydrogens is 264 g/mol. The van der Waals surface area contributed by atoms with Crippen molar-refractivity contribution in [2.75, 3.05) is 5.73 Å². The van der Waals surface area contributed by atoms with Gasteiger partial charge in [0.05, 0.1) is 5.56 Å². The van der Waals surface area contributed by atoms with Crippen LogP contribution in [0.2, 0.25) is 0 Å². The van der Waals surface area contributed by atoms with Gasteiger partial charge in [-0.3, -0.25) is 0 Å². The summed E-state index contributed by atoms with van der Waals surface area (Å²) in [6, 6.07) is 8.56. The monoisotopic (exact) mass is 277 g/mol. The van der Waals surface area contributed by atoms with Crippen LogP contribution in [0, 0.1) is 18.6 Å². The van der Waals surface area contributed by atoms with E-state index in [1.54, 1.807) is 19.1 Å². The minimum Gasteiger partial charge on any atom is -0.457 e. The summed E-state index contributed by atoms with van der Waals surface area (Å²) in [4.78, 5) is 11.9. The van der Waals surface area contributed by atoms with E-state index in [-0.39, 0.29) is 12.2 Å². The van der Waals surface area contributed by atoms with Crippen LogP contribution in [0.25, 0.3) is 0 Å². The van der Waals surface area contributed by atoms with Crippen molar-refractivity contribution >= 4 is 11.7 Å². The second-order valence-corrected chi connectivity index (χ2v) is 4.36. The molecule has 0 saturated heterocycles. The minimum absolute atomic E-state index is 0.0140. The maximum atomic E-state index is 13.4. The largest absolute Gasteiger partial charge is 0.457 e. The second kappa shape index (κ2) is 5.69. The number of aryl methyl sites for hydroxylation is 1. The van der Waals surface area contributed by atoms with Gasteiger partial charge in [-0.05, 0) is 30.7 Å². The fourth-order valence-electron chi connectivity index (χ4n) is 1.74. The number of hydrogen-bond donors (Lipinski definition) is 1. The maximum absolute atomic E-state index is 13.4. The highest BCUT2D eigenvalue weighted by molar-refractivity contribution is 5.92. The molecule has 3 nitrogen and oxygen atoms in total. The zero-order valence-electron chi connectivity index (χ0n) is 10.8. The van der Waals surface area contributed by atoms with Crippen LogP contribution in [0.15, 0.2) is 36.4 Å². The molecule has 20 heavy (non-hydrogen) atoms. The quantitative estimate of drug-likeness (QED) is 0.692. The molecule has 2 aromatic rings. The number of carbonyl (C=O) groups is 1. The highest BCUT2D eigenvalue weighted by atomic mass is 19.2. The standard InChI is InChI=1S/C15H13F2NO2/c1-9-5-6-11(18)7-12(9)15(19)20-8-10-3-2-4-13(16)14(10)17/h2-7H,8,18H2,1H3. The second-order valence-electron chi connectivity index (χ2n) is 4.36. The topological polar surface area (TPSA) is 52.3 Å². The Morgan fingerprint density at radius 2 is 2.00 bits per heavy atom. The van der Waals surface area contributed by atoms with Crippen molar-refractivity contribution in [2.45, 2.75) is 13.5 Å². The lowest BCUT2D eigenvalue weighted by Gasteiger charge is -2.08. The molecule has 0 aliphatic carbocycles. The van der Waals surface area contributed by atoms with Gasteiger partial charge in [-0.15, -0.1) is 0 Å². The summed E-state index contributed by atoms with van der Waals surface area (Å²) < 4.78 is 31.4. The van der Waals surface area contributed by atoms with Gasteiger partial charge >= 0.3 is 5.97 Å².